The third kappa shape index (κ3) is 4.11. The molecule has 170 valence electrons. The smallest absolute Gasteiger partial charge is 0.251 e. The van der Waals surface area contributed by atoms with Gasteiger partial charge in [0.25, 0.3) is 5.91 Å². The van der Waals surface area contributed by atoms with Crippen molar-refractivity contribution in [2.24, 2.45) is 5.41 Å². The second-order valence-electron chi connectivity index (χ2n) is 9.87. The largest absolute Gasteiger partial charge is 0.454 e. The number of ether oxygens (including phenoxy) is 3. The van der Waals surface area contributed by atoms with Gasteiger partial charge in [-0.25, -0.2) is 9.97 Å². The highest BCUT2D eigenvalue weighted by atomic mass is 16.7. The summed E-state index contributed by atoms with van der Waals surface area (Å²) in [4.78, 5) is 24.9. The van der Waals surface area contributed by atoms with Crippen LogP contribution in [0.4, 0.5) is 5.95 Å². The minimum atomic E-state index is -0.150. The maximum absolute atomic E-state index is 13.0. The van der Waals surface area contributed by atoms with E-state index in [4.69, 9.17) is 19.2 Å². The molecule has 0 radical (unpaired) electrons. The van der Waals surface area contributed by atoms with Crippen LogP contribution in [0.25, 0.3) is 0 Å². The molecule has 3 aliphatic rings. The molecule has 1 aromatic carbocycles. The normalized spacial score (nSPS) is 25.9. The summed E-state index contributed by atoms with van der Waals surface area (Å²) < 4.78 is 16.6. The van der Waals surface area contributed by atoms with E-state index in [1.165, 1.54) is 0 Å². The molecule has 2 aromatic rings. The zero-order valence-corrected chi connectivity index (χ0v) is 19.1. The number of carbonyl (C=O) groups excluding carboxylic acids is 1. The summed E-state index contributed by atoms with van der Waals surface area (Å²) in [7, 11) is 0. The van der Waals surface area contributed by atoms with Crippen LogP contribution in [0.15, 0.2) is 24.4 Å². The van der Waals surface area contributed by atoms with Gasteiger partial charge in [0, 0.05) is 30.4 Å². The molecule has 1 fully saturated rings. The van der Waals surface area contributed by atoms with E-state index in [0.717, 1.165) is 43.1 Å². The maximum atomic E-state index is 13.0. The summed E-state index contributed by atoms with van der Waals surface area (Å²) >= 11 is 0. The van der Waals surface area contributed by atoms with Crippen LogP contribution in [0, 0.1) is 5.41 Å². The number of hydrogen-bond donors (Lipinski definition) is 1. The topological polar surface area (TPSA) is 85.8 Å². The van der Waals surface area contributed by atoms with Gasteiger partial charge in [-0.3, -0.25) is 4.79 Å². The van der Waals surface area contributed by atoms with Crippen LogP contribution in [-0.2, 0) is 11.2 Å². The molecular weight excluding hydrogens is 408 g/mol. The molecule has 0 unspecified atom stereocenters. The maximum Gasteiger partial charge on any atom is 0.251 e. The molecule has 3 atom stereocenters. The second-order valence-corrected chi connectivity index (χ2v) is 9.87. The van der Waals surface area contributed by atoms with Gasteiger partial charge in [0.05, 0.1) is 23.9 Å². The lowest BCUT2D eigenvalue weighted by molar-refractivity contribution is -0.00575. The first kappa shape index (κ1) is 21.0. The van der Waals surface area contributed by atoms with Crippen LogP contribution in [0.1, 0.15) is 61.8 Å². The van der Waals surface area contributed by atoms with Crippen molar-refractivity contribution in [2.75, 3.05) is 24.8 Å². The molecule has 3 heterocycles. The highest BCUT2D eigenvalue weighted by Crippen LogP contribution is 2.40. The molecule has 1 saturated heterocycles. The van der Waals surface area contributed by atoms with E-state index in [-0.39, 0.29) is 36.4 Å². The van der Waals surface area contributed by atoms with Crippen LogP contribution < -0.4 is 19.7 Å². The van der Waals surface area contributed by atoms with Gasteiger partial charge in [-0.1, -0.05) is 13.8 Å². The summed E-state index contributed by atoms with van der Waals surface area (Å²) in [5.41, 5.74) is 2.57. The van der Waals surface area contributed by atoms with Crippen LogP contribution >= 0.6 is 0 Å². The van der Waals surface area contributed by atoms with Crippen molar-refractivity contribution in [1.82, 2.24) is 15.3 Å². The molecule has 0 bridgehead atoms. The molecular formula is C24H30N4O4. The molecule has 5 rings (SSSR count). The Balaban J connectivity index is 1.39. The SMILES string of the molecule is C[C@@H]1CN(c2ncc3c(n2)CC(C)(C)C[C@H]3NC(=O)c2ccc3c(c2)OCO3)C[C@@H](C)O1. The minimum absolute atomic E-state index is 0.0110. The highest BCUT2D eigenvalue weighted by Gasteiger charge is 2.35. The fraction of sp³-hybridized carbons (Fsp3) is 0.542. The molecule has 0 saturated carbocycles. The molecule has 1 amide bonds. The highest BCUT2D eigenvalue weighted by molar-refractivity contribution is 5.95. The lowest BCUT2D eigenvalue weighted by Crippen LogP contribution is -2.46. The predicted molar refractivity (Wildman–Crippen MR) is 119 cm³/mol. The van der Waals surface area contributed by atoms with Crippen LogP contribution in [0.3, 0.4) is 0 Å². The fourth-order valence-corrected chi connectivity index (χ4v) is 4.94. The third-order valence-electron chi connectivity index (χ3n) is 6.31. The zero-order valence-electron chi connectivity index (χ0n) is 19.1. The quantitative estimate of drug-likeness (QED) is 0.787. The molecule has 1 N–H and O–H groups in total. The molecule has 8 nitrogen and oxygen atoms in total. The number of aromatic nitrogens is 2. The first-order valence-corrected chi connectivity index (χ1v) is 11.2. The lowest BCUT2D eigenvalue weighted by atomic mass is 9.74. The zero-order chi connectivity index (χ0) is 22.5. The third-order valence-corrected chi connectivity index (χ3v) is 6.31. The van der Waals surface area contributed by atoms with Crippen molar-refractivity contribution >= 4 is 11.9 Å². The van der Waals surface area contributed by atoms with E-state index < -0.39 is 0 Å². The Labute approximate surface area is 188 Å². The number of morpholine rings is 1. The standard InChI is InChI=1S/C24H30N4O4/c1-14-11-28(12-15(2)32-14)23-25-10-17-18(8-24(3,4)9-19(17)27-23)26-22(29)16-5-6-20-21(7-16)31-13-30-20/h5-7,10,14-15,18H,8-9,11-13H2,1-4H3,(H,26,29)/t14-,15-,18-/m1/s1. The van der Waals surface area contributed by atoms with Gasteiger partial charge in [-0.05, 0) is 50.3 Å². The van der Waals surface area contributed by atoms with Crippen LogP contribution in [0.5, 0.6) is 11.5 Å². The van der Waals surface area contributed by atoms with E-state index in [1.54, 1.807) is 18.2 Å². The average molecular weight is 439 g/mol. The van der Waals surface area contributed by atoms with E-state index in [9.17, 15) is 4.79 Å². The number of carbonyl (C=O) groups is 1. The lowest BCUT2D eigenvalue weighted by Gasteiger charge is -2.38. The van der Waals surface area contributed by atoms with Gasteiger partial charge in [0.1, 0.15) is 0 Å². The van der Waals surface area contributed by atoms with Crippen molar-refractivity contribution in [3.05, 3.63) is 41.2 Å². The van der Waals surface area contributed by atoms with Crippen molar-refractivity contribution < 1.29 is 19.0 Å². The Morgan fingerprint density at radius 2 is 1.91 bits per heavy atom. The van der Waals surface area contributed by atoms with Gasteiger partial charge < -0.3 is 24.4 Å². The molecule has 1 aromatic heterocycles. The van der Waals surface area contributed by atoms with E-state index in [0.29, 0.717) is 17.1 Å². The predicted octanol–water partition coefficient (Wildman–Crippen LogP) is 3.26. The van der Waals surface area contributed by atoms with Crippen molar-refractivity contribution in [3.63, 3.8) is 0 Å². The second kappa shape index (κ2) is 7.92. The van der Waals surface area contributed by atoms with Gasteiger partial charge in [-0.2, -0.15) is 0 Å². The number of fused-ring (bicyclic) bond motifs is 2. The number of amides is 1. The number of nitrogens with zero attached hydrogens (tertiary/aromatic N) is 3. The van der Waals surface area contributed by atoms with Gasteiger partial charge in [-0.15, -0.1) is 0 Å². The summed E-state index contributed by atoms with van der Waals surface area (Å²) in [6, 6.07) is 5.11. The number of benzene rings is 1. The Morgan fingerprint density at radius 1 is 1.16 bits per heavy atom. The Morgan fingerprint density at radius 3 is 2.69 bits per heavy atom. The first-order chi connectivity index (χ1) is 15.3. The first-order valence-electron chi connectivity index (χ1n) is 11.2. The van der Waals surface area contributed by atoms with Gasteiger partial charge in [0.2, 0.25) is 12.7 Å². The van der Waals surface area contributed by atoms with Crippen molar-refractivity contribution in [1.29, 1.82) is 0 Å². The van der Waals surface area contributed by atoms with Crippen molar-refractivity contribution in [2.45, 2.75) is 58.8 Å². The van der Waals surface area contributed by atoms with Gasteiger partial charge >= 0.3 is 0 Å². The average Bonchev–Trinajstić information content (AvgIpc) is 3.19. The van der Waals surface area contributed by atoms with E-state index in [1.807, 2.05) is 6.20 Å². The minimum Gasteiger partial charge on any atom is -0.454 e. The van der Waals surface area contributed by atoms with Gasteiger partial charge in [0.15, 0.2) is 11.5 Å². The van der Waals surface area contributed by atoms with Crippen LogP contribution in [0.2, 0.25) is 0 Å². The Kier molecular flexibility index (Phi) is 5.20. The Bertz CT molecular complexity index is 1030. The van der Waals surface area contributed by atoms with Crippen molar-refractivity contribution in [3.8, 4) is 11.5 Å². The molecule has 32 heavy (non-hydrogen) atoms. The number of nitrogens with one attached hydrogen (secondary N) is 1. The summed E-state index contributed by atoms with van der Waals surface area (Å²) in [6.45, 7) is 10.3. The molecule has 2 aliphatic heterocycles. The summed E-state index contributed by atoms with van der Waals surface area (Å²) in [5.74, 6) is 1.86. The number of rotatable bonds is 3. The monoisotopic (exact) mass is 438 g/mol. The van der Waals surface area contributed by atoms with E-state index in [2.05, 4.69) is 42.9 Å². The van der Waals surface area contributed by atoms with Crippen LogP contribution in [-0.4, -0.2) is 48.0 Å². The molecule has 1 aliphatic carbocycles. The molecule has 8 heteroatoms. The summed E-state index contributed by atoms with van der Waals surface area (Å²) in [5, 5.41) is 3.20. The fourth-order valence-electron chi connectivity index (χ4n) is 4.94. The Hall–Kier alpha value is -2.87. The molecule has 0 spiro atoms. The number of hydrogen-bond acceptors (Lipinski definition) is 7. The number of anilines is 1. The van der Waals surface area contributed by atoms with E-state index >= 15 is 0 Å². The summed E-state index contributed by atoms with van der Waals surface area (Å²) in [6.07, 6.45) is 3.85.